The molecule has 20 heavy (non-hydrogen) atoms. The van der Waals surface area contributed by atoms with Gasteiger partial charge < -0.3 is 15.8 Å². The van der Waals surface area contributed by atoms with E-state index in [0.29, 0.717) is 13.2 Å². The first kappa shape index (κ1) is 17.7. The summed E-state index contributed by atoms with van der Waals surface area (Å²) in [7, 11) is 1.88. The fraction of sp³-hybridized carbons (Fsp3) is 0.643. The molecule has 0 radical (unpaired) electrons. The van der Waals surface area contributed by atoms with E-state index in [4.69, 9.17) is 33.7 Å². The molecular weight excluding hydrogens is 297 g/mol. The average molecular weight is 320 g/mol. The zero-order chi connectivity index (χ0) is 14.8. The van der Waals surface area contributed by atoms with Crippen molar-refractivity contribution in [3.63, 3.8) is 0 Å². The average Bonchev–Trinajstić information content (AvgIpc) is 2.49. The molecule has 4 nitrogen and oxygen atoms in total. The lowest BCUT2D eigenvalue weighted by atomic mass is 10.1. The second-order valence-corrected chi connectivity index (χ2v) is 5.77. The zero-order valence-corrected chi connectivity index (χ0v) is 13.3. The monoisotopic (exact) mass is 319 g/mol. The van der Waals surface area contributed by atoms with Gasteiger partial charge >= 0.3 is 0 Å². The van der Waals surface area contributed by atoms with Crippen LogP contribution in [0.5, 0.6) is 0 Å². The van der Waals surface area contributed by atoms with Crippen LogP contribution in [-0.4, -0.2) is 48.6 Å². The molecule has 1 rings (SSSR count). The Bertz CT molecular complexity index is 354. The van der Waals surface area contributed by atoms with Crippen LogP contribution in [0.15, 0.2) is 24.4 Å². The Morgan fingerprint density at radius 1 is 1.35 bits per heavy atom. The van der Waals surface area contributed by atoms with Gasteiger partial charge in [-0.1, -0.05) is 6.07 Å². The minimum absolute atomic E-state index is 0.149. The predicted octanol–water partition coefficient (Wildman–Crippen LogP) is 1.79. The van der Waals surface area contributed by atoms with Gasteiger partial charge in [0.2, 0.25) is 0 Å². The first-order valence-electron chi connectivity index (χ1n) is 6.81. The first-order chi connectivity index (χ1) is 9.65. The van der Waals surface area contributed by atoms with Crippen LogP contribution in [0.25, 0.3) is 0 Å². The number of nitrogens with one attached hydrogen (secondary N) is 1. The number of alkyl halides is 2. The second-order valence-electron chi connectivity index (χ2n) is 4.65. The maximum absolute atomic E-state index is 6.22. The largest absolute Gasteiger partial charge is 0.379 e. The highest BCUT2D eigenvalue weighted by Crippen LogP contribution is 2.13. The van der Waals surface area contributed by atoms with Crippen molar-refractivity contribution in [3.8, 4) is 0 Å². The molecule has 3 unspecified atom stereocenters. The molecule has 0 aliphatic rings. The summed E-state index contributed by atoms with van der Waals surface area (Å²) < 4.78 is 5.55. The number of aromatic nitrogens is 1. The minimum Gasteiger partial charge on any atom is -0.379 e. The third kappa shape index (κ3) is 6.86. The molecule has 0 aliphatic carbocycles. The molecule has 0 amide bonds. The normalized spacial score (nSPS) is 15.8. The van der Waals surface area contributed by atoms with E-state index >= 15 is 0 Å². The van der Waals surface area contributed by atoms with Gasteiger partial charge in [0, 0.05) is 24.4 Å². The molecule has 0 aliphatic heterocycles. The van der Waals surface area contributed by atoms with Crippen molar-refractivity contribution in [2.24, 2.45) is 5.73 Å². The Balaban J connectivity index is 2.17. The second kappa shape index (κ2) is 10.4. The van der Waals surface area contributed by atoms with Gasteiger partial charge in [-0.25, -0.2) is 0 Å². The summed E-state index contributed by atoms with van der Waals surface area (Å²) in [6.45, 7) is 1.81. The highest BCUT2D eigenvalue weighted by Gasteiger charge is 2.22. The molecule has 0 fully saturated rings. The van der Waals surface area contributed by atoms with Crippen LogP contribution in [-0.2, 0) is 11.2 Å². The van der Waals surface area contributed by atoms with E-state index in [2.05, 4.69) is 10.3 Å². The Hall–Kier alpha value is -0.390. The summed E-state index contributed by atoms with van der Waals surface area (Å²) in [5.41, 5.74) is 7.02. The summed E-state index contributed by atoms with van der Waals surface area (Å²) in [4.78, 5) is 4.23. The number of halogens is 2. The van der Waals surface area contributed by atoms with E-state index in [1.165, 1.54) is 0 Å². The van der Waals surface area contributed by atoms with Gasteiger partial charge in [-0.2, -0.15) is 0 Å². The van der Waals surface area contributed by atoms with E-state index in [1.54, 1.807) is 6.20 Å². The maximum atomic E-state index is 6.22. The summed E-state index contributed by atoms with van der Waals surface area (Å²) in [6.07, 6.45) is 3.33. The van der Waals surface area contributed by atoms with E-state index in [1.807, 2.05) is 25.2 Å². The summed E-state index contributed by atoms with van der Waals surface area (Å²) in [5, 5.41) is 2.61. The molecular formula is C14H23Cl2N3O. The summed E-state index contributed by atoms with van der Waals surface area (Å²) >= 11 is 12.4. The highest BCUT2D eigenvalue weighted by molar-refractivity contribution is 6.24. The Labute approximate surface area is 131 Å². The van der Waals surface area contributed by atoms with Crippen molar-refractivity contribution >= 4 is 23.2 Å². The summed E-state index contributed by atoms with van der Waals surface area (Å²) in [6, 6.07) is 5.55. The SMILES string of the molecule is CNCCC(Cl)C(N)C(Cl)COCCc1ccccn1. The highest BCUT2D eigenvalue weighted by atomic mass is 35.5. The van der Waals surface area contributed by atoms with E-state index in [0.717, 1.165) is 25.1 Å². The van der Waals surface area contributed by atoms with Crippen LogP contribution in [0.2, 0.25) is 0 Å². The minimum atomic E-state index is -0.280. The Morgan fingerprint density at radius 2 is 2.15 bits per heavy atom. The molecule has 3 atom stereocenters. The van der Waals surface area contributed by atoms with Gasteiger partial charge in [-0.15, -0.1) is 23.2 Å². The number of rotatable bonds is 10. The molecule has 0 spiro atoms. The lowest BCUT2D eigenvalue weighted by molar-refractivity contribution is 0.131. The van der Waals surface area contributed by atoms with Crippen molar-refractivity contribution < 1.29 is 4.74 Å². The molecule has 6 heteroatoms. The van der Waals surface area contributed by atoms with Crippen molar-refractivity contribution in [2.75, 3.05) is 26.8 Å². The Kier molecular flexibility index (Phi) is 9.14. The molecule has 1 aromatic rings. The fourth-order valence-corrected chi connectivity index (χ4v) is 2.35. The maximum Gasteiger partial charge on any atom is 0.0734 e. The van der Waals surface area contributed by atoms with E-state index in [9.17, 15) is 0 Å². The quantitative estimate of drug-likeness (QED) is 0.510. The molecule has 1 aromatic heterocycles. The fourth-order valence-electron chi connectivity index (χ4n) is 1.73. The zero-order valence-electron chi connectivity index (χ0n) is 11.8. The lowest BCUT2D eigenvalue weighted by Gasteiger charge is -2.22. The standard InChI is InChI=1S/C14H23Cl2N3O/c1-18-8-5-12(15)14(17)13(16)10-20-9-6-11-4-2-3-7-19-11/h2-4,7,12-14,18H,5-6,8-10,17H2,1H3. The van der Waals surface area contributed by atoms with Gasteiger partial charge in [0.15, 0.2) is 0 Å². The molecule has 114 valence electrons. The predicted molar refractivity (Wildman–Crippen MR) is 84.6 cm³/mol. The van der Waals surface area contributed by atoms with Crippen LogP contribution in [0.3, 0.4) is 0 Å². The van der Waals surface area contributed by atoms with Crippen LogP contribution >= 0.6 is 23.2 Å². The van der Waals surface area contributed by atoms with Gasteiger partial charge in [0.25, 0.3) is 0 Å². The van der Waals surface area contributed by atoms with Crippen molar-refractivity contribution in [1.82, 2.24) is 10.3 Å². The van der Waals surface area contributed by atoms with E-state index < -0.39 is 0 Å². The number of nitrogens with zero attached hydrogens (tertiary/aromatic N) is 1. The smallest absolute Gasteiger partial charge is 0.0734 e. The third-order valence-corrected chi connectivity index (χ3v) is 3.94. The molecule has 3 N–H and O–H groups in total. The molecule has 0 aromatic carbocycles. The molecule has 0 saturated heterocycles. The number of hydrogen-bond acceptors (Lipinski definition) is 4. The van der Waals surface area contributed by atoms with Crippen LogP contribution in [0.1, 0.15) is 12.1 Å². The van der Waals surface area contributed by atoms with Gasteiger partial charge in [-0.3, -0.25) is 4.98 Å². The third-order valence-electron chi connectivity index (χ3n) is 3.01. The lowest BCUT2D eigenvalue weighted by Crippen LogP contribution is -2.42. The van der Waals surface area contributed by atoms with E-state index in [-0.39, 0.29) is 16.8 Å². The van der Waals surface area contributed by atoms with Crippen molar-refractivity contribution in [2.45, 2.75) is 29.6 Å². The van der Waals surface area contributed by atoms with Crippen LogP contribution in [0.4, 0.5) is 0 Å². The first-order valence-corrected chi connectivity index (χ1v) is 7.68. The number of hydrogen-bond donors (Lipinski definition) is 2. The molecule has 1 heterocycles. The summed E-state index contributed by atoms with van der Waals surface area (Å²) in [5.74, 6) is 0. The van der Waals surface area contributed by atoms with Crippen molar-refractivity contribution in [1.29, 1.82) is 0 Å². The molecule has 0 bridgehead atoms. The number of pyridine rings is 1. The number of ether oxygens (including phenoxy) is 1. The molecule has 0 saturated carbocycles. The van der Waals surface area contributed by atoms with Gasteiger partial charge in [-0.05, 0) is 32.1 Å². The van der Waals surface area contributed by atoms with Crippen LogP contribution in [0, 0.1) is 0 Å². The van der Waals surface area contributed by atoms with Gasteiger partial charge in [0.1, 0.15) is 0 Å². The topological polar surface area (TPSA) is 60.2 Å². The van der Waals surface area contributed by atoms with Gasteiger partial charge in [0.05, 0.1) is 24.0 Å². The van der Waals surface area contributed by atoms with Crippen molar-refractivity contribution in [3.05, 3.63) is 30.1 Å². The Morgan fingerprint density at radius 3 is 2.80 bits per heavy atom. The van der Waals surface area contributed by atoms with Crippen LogP contribution < -0.4 is 11.1 Å². The number of nitrogens with two attached hydrogens (primary N) is 1.